The third-order valence-electron chi connectivity index (χ3n) is 2.31. The van der Waals surface area contributed by atoms with Gasteiger partial charge in [-0.3, -0.25) is 0 Å². The summed E-state index contributed by atoms with van der Waals surface area (Å²) in [7, 11) is 0. The number of hydrogen-bond donors (Lipinski definition) is 1. The molecule has 1 aromatic heterocycles. The van der Waals surface area contributed by atoms with Gasteiger partial charge in [0, 0.05) is 6.54 Å². The largest absolute Gasteiger partial charge is 0.461 e. The zero-order valence-corrected chi connectivity index (χ0v) is 10.5. The molecule has 0 saturated heterocycles. The Kier molecular flexibility index (Phi) is 4.15. The summed E-state index contributed by atoms with van der Waals surface area (Å²) >= 11 is 0. The van der Waals surface area contributed by atoms with Crippen LogP contribution in [0.2, 0.25) is 0 Å². The minimum atomic E-state index is -0.545. The molecule has 1 heterocycles. The minimum absolute atomic E-state index is 0.0165. The molecule has 2 N–H and O–H groups in total. The van der Waals surface area contributed by atoms with Gasteiger partial charge in [0.15, 0.2) is 5.69 Å². The molecule has 100 valence electrons. The number of rotatable bonds is 5. The van der Waals surface area contributed by atoms with E-state index in [1.807, 2.05) is 12.1 Å². The van der Waals surface area contributed by atoms with Crippen LogP contribution < -0.4 is 10.5 Å². The fourth-order valence-corrected chi connectivity index (χ4v) is 1.44. The Morgan fingerprint density at radius 1 is 1.47 bits per heavy atom. The molecule has 0 aliphatic carbocycles. The number of nitrogens with two attached hydrogens (primary N) is 1. The Balaban J connectivity index is 2.09. The molecule has 2 rings (SSSR count). The van der Waals surface area contributed by atoms with E-state index in [1.165, 1.54) is 6.26 Å². The standard InChI is InChI=1S/C13H14N2O4/c1-2-17-12(16)11-8-18-13(15-11)19-10-5-3-4-9(6-10)7-14/h3-6,8H,2,7,14H2,1H3. The van der Waals surface area contributed by atoms with Crippen LogP contribution >= 0.6 is 0 Å². The topological polar surface area (TPSA) is 87.6 Å². The molecule has 19 heavy (non-hydrogen) atoms. The molecule has 0 amide bonds. The number of ether oxygens (including phenoxy) is 2. The zero-order chi connectivity index (χ0) is 13.7. The molecule has 1 aromatic carbocycles. The molecule has 0 aliphatic heterocycles. The normalized spacial score (nSPS) is 10.2. The van der Waals surface area contributed by atoms with Crippen LogP contribution in [0.3, 0.4) is 0 Å². The summed E-state index contributed by atoms with van der Waals surface area (Å²) in [6.07, 6.45) is 1.18. The maximum Gasteiger partial charge on any atom is 0.399 e. The lowest BCUT2D eigenvalue weighted by Crippen LogP contribution is -2.04. The van der Waals surface area contributed by atoms with Gasteiger partial charge in [-0.2, -0.15) is 4.98 Å². The van der Waals surface area contributed by atoms with Gasteiger partial charge in [-0.25, -0.2) is 4.79 Å². The maximum atomic E-state index is 11.4. The van der Waals surface area contributed by atoms with Crippen LogP contribution in [0.25, 0.3) is 0 Å². The first kappa shape index (κ1) is 13.1. The van der Waals surface area contributed by atoms with Gasteiger partial charge < -0.3 is 19.6 Å². The SMILES string of the molecule is CCOC(=O)c1coc(Oc2cccc(CN)c2)n1. The molecule has 0 bridgehead atoms. The van der Waals surface area contributed by atoms with Crippen LogP contribution in [0.4, 0.5) is 0 Å². The van der Waals surface area contributed by atoms with E-state index >= 15 is 0 Å². The Labute approximate surface area is 110 Å². The monoisotopic (exact) mass is 262 g/mol. The third kappa shape index (κ3) is 3.32. The maximum absolute atomic E-state index is 11.4. The van der Waals surface area contributed by atoms with Crippen molar-refractivity contribution < 1.29 is 18.7 Å². The first-order chi connectivity index (χ1) is 9.22. The Hall–Kier alpha value is -2.34. The van der Waals surface area contributed by atoms with E-state index in [1.54, 1.807) is 19.1 Å². The quantitative estimate of drug-likeness (QED) is 0.830. The number of oxazole rings is 1. The fraction of sp³-hybridized carbons (Fsp3) is 0.231. The molecular weight excluding hydrogens is 248 g/mol. The number of aromatic nitrogens is 1. The Morgan fingerprint density at radius 2 is 2.32 bits per heavy atom. The average Bonchev–Trinajstić information content (AvgIpc) is 2.88. The summed E-state index contributed by atoms with van der Waals surface area (Å²) in [5.41, 5.74) is 6.53. The van der Waals surface area contributed by atoms with Crippen molar-refractivity contribution >= 4 is 5.97 Å². The van der Waals surface area contributed by atoms with Crippen molar-refractivity contribution in [1.29, 1.82) is 0 Å². The summed E-state index contributed by atoms with van der Waals surface area (Å²) in [5, 5.41) is 0. The van der Waals surface area contributed by atoms with Gasteiger partial charge in [0.05, 0.1) is 6.61 Å². The van der Waals surface area contributed by atoms with Crippen LogP contribution in [0, 0.1) is 0 Å². The van der Waals surface area contributed by atoms with Crippen LogP contribution in [-0.4, -0.2) is 17.6 Å². The van der Waals surface area contributed by atoms with Crippen molar-refractivity contribution in [3.8, 4) is 11.8 Å². The van der Waals surface area contributed by atoms with Gasteiger partial charge in [-0.15, -0.1) is 0 Å². The highest BCUT2D eigenvalue weighted by atomic mass is 16.6. The van der Waals surface area contributed by atoms with Crippen LogP contribution in [0.1, 0.15) is 23.0 Å². The van der Waals surface area contributed by atoms with Gasteiger partial charge in [-0.1, -0.05) is 12.1 Å². The first-order valence-corrected chi connectivity index (χ1v) is 5.82. The molecule has 0 fully saturated rings. The number of nitrogens with zero attached hydrogens (tertiary/aromatic N) is 1. The van der Waals surface area contributed by atoms with E-state index < -0.39 is 5.97 Å². The van der Waals surface area contributed by atoms with Crippen molar-refractivity contribution in [1.82, 2.24) is 4.98 Å². The number of carbonyl (C=O) groups is 1. The summed E-state index contributed by atoms with van der Waals surface area (Å²) in [5.74, 6) is -0.00276. The first-order valence-electron chi connectivity index (χ1n) is 5.82. The average molecular weight is 262 g/mol. The van der Waals surface area contributed by atoms with E-state index in [0.29, 0.717) is 12.3 Å². The second-order valence-electron chi connectivity index (χ2n) is 3.67. The van der Waals surface area contributed by atoms with Gasteiger partial charge in [0.1, 0.15) is 12.0 Å². The van der Waals surface area contributed by atoms with Gasteiger partial charge >= 0.3 is 12.0 Å². The van der Waals surface area contributed by atoms with Crippen LogP contribution in [0.15, 0.2) is 34.9 Å². The molecule has 0 aliphatic rings. The number of esters is 1. The molecular formula is C13H14N2O4. The second-order valence-corrected chi connectivity index (χ2v) is 3.67. The molecule has 0 atom stereocenters. The van der Waals surface area contributed by atoms with Crippen molar-refractivity contribution in [2.45, 2.75) is 13.5 Å². The zero-order valence-electron chi connectivity index (χ0n) is 10.5. The summed E-state index contributed by atoms with van der Waals surface area (Å²) in [4.78, 5) is 15.3. The second kappa shape index (κ2) is 6.01. The van der Waals surface area contributed by atoms with Gasteiger partial charge in [-0.05, 0) is 24.6 Å². The van der Waals surface area contributed by atoms with E-state index in [9.17, 15) is 4.79 Å². The number of hydrogen-bond acceptors (Lipinski definition) is 6. The molecule has 0 unspecified atom stereocenters. The third-order valence-corrected chi connectivity index (χ3v) is 2.31. The smallest absolute Gasteiger partial charge is 0.399 e. The van der Waals surface area contributed by atoms with Crippen molar-refractivity contribution in [2.75, 3.05) is 6.61 Å². The van der Waals surface area contributed by atoms with E-state index in [-0.39, 0.29) is 18.4 Å². The molecule has 6 heteroatoms. The lowest BCUT2D eigenvalue weighted by molar-refractivity contribution is 0.0519. The van der Waals surface area contributed by atoms with Crippen LogP contribution in [-0.2, 0) is 11.3 Å². The van der Waals surface area contributed by atoms with Crippen LogP contribution in [0.5, 0.6) is 11.8 Å². The van der Waals surface area contributed by atoms with Crippen molar-refractivity contribution in [3.63, 3.8) is 0 Å². The van der Waals surface area contributed by atoms with E-state index in [2.05, 4.69) is 4.98 Å². The predicted molar refractivity (Wildman–Crippen MR) is 66.9 cm³/mol. The summed E-state index contributed by atoms with van der Waals surface area (Å²) < 4.78 is 15.2. The van der Waals surface area contributed by atoms with Crippen molar-refractivity contribution in [3.05, 3.63) is 41.8 Å². The number of carbonyl (C=O) groups excluding carboxylic acids is 1. The van der Waals surface area contributed by atoms with Gasteiger partial charge in [0.2, 0.25) is 0 Å². The summed E-state index contributed by atoms with van der Waals surface area (Å²) in [6.45, 7) is 2.41. The highest BCUT2D eigenvalue weighted by molar-refractivity contribution is 5.86. The molecule has 0 saturated carbocycles. The Morgan fingerprint density at radius 3 is 3.05 bits per heavy atom. The highest BCUT2D eigenvalue weighted by Crippen LogP contribution is 2.21. The molecule has 0 radical (unpaired) electrons. The number of benzene rings is 1. The molecule has 6 nitrogen and oxygen atoms in total. The van der Waals surface area contributed by atoms with Crippen molar-refractivity contribution in [2.24, 2.45) is 5.73 Å². The lowest BCUT2D eigenvalue weighted by Gasteiger charge is -2.02. The minimum Gasteiger partial charge on any atom is -0.461 e. The summed E-state index contributed by atoms with van der Waals surface area (Å²) in [6, 6.07) is 7.21. The highest BCUT2D eigenvalue weighted by Gasteiger charge is 2.14. The lowest BCUT2D eigenvalue weighted by atomic mass is 10.2. The van der Waals surface area contributed by atoms with Gasteiger partial charge in [0.25, 0.3) is 0 Å². The fourth-order valence-electron chi connectivity index (χ4n) is 1.44. The Bertz CT molecular complexity index is 565. The molecule has 0 spiro atoms. The van der Waals surface area contributed by atoms with E-state index in [0.717, 1.165) is 5.56 Å². The molecule has 2 aromatic rings. The van der Waals surface area contributed by atoms with E-state index in [4.69, 9.17) is 19.6 Å². The predicted octanol–water partition coefficient (Wildman–Crippen LogP) is 2.10.